The van der Waals surface area contributed by atoms with Crippen LogP contribution in [0.5, 0.6) is 0 Å². The van der Waals surface area contributed by atoms with E-state index in [4.69, 9.17) is 11.6 Å². The Balaban J connectivity index is 1.42. The highest BCUT2D eigenvalue weighted by Gasteiger charge is 2.44. The molecule has 3 heterocycles. The van der Waals surface area contributed by atoms with Crippen LogP contribution in [0.2, 0.25) is 5.02 Å². The number of nitrogens with zero attached hydrogens (tertiary/aromatic N) is 3. The summed E-state index contributed by atoms with van der Waals surface area (Å²) in [4.78, 5) is 55.1. The van der Waals surface area contributed by atoms with Gasteiger partial charge in [0.25, 0.3) is 5.91 Å². The Bertz CT molecular complexity index is 1060. The predicted molar refractivity (Wildman–Crippen MR) is 127 cm³/mol. The van der Waals surface area contributed by atoms with Crippen LogP contribution in [0.1, 0.15) is 30.9 Å². The van der Waals surface area contributed by atoms with Crippen molar-refractivity contribution in [1.29, 1.82) is 0 Å². The summed E-state index contributed by atoms with van der Waals surface area (Å²) in [6.07, 6.45) is 3.73. The van der Waals surface area contributed by atoms with E-state index in [0.717, 1.165) is 13.0 Å². The lowest BCUT2D eigenvalue weighted by molar-refractivity contribution is -0.132. The number of amides is 5. The highest BCUT2D eigenvalue weighted by atomic mass is 35.5. The number of nitrogens with one attached hydrogen (secondary N) is 2. The number of hydrogen-bond donors (Lipinski definition) is 2. The van der Waals surface area contributed by atoms with E-state index in [1.807, 2.05) is 4.90 Å². The zero-order valence-electron chi connectivity index (χ0n) is 18.9. The third-order valence-electron chi connectivity index (χ3n) is 6.22. The quantitative estimate of drug-likeness (QED) is 0.411. The smallest absolute Gasteiger partial charge is 0.322 e. The maximum atomic E-state index is 13.3. The van der Waals surface area contributed by atoms with Crippen molar-refractivity contribution in [2.24, 2.45) is 0 Å². The van der Waals surface area contributed by atoms with Gasteiger partial charge in [-0.1, -0.05) is 29.8 Å². The Morgan fingerprint density at radius 3 is 2.79 bits per heavy atom. The van der Waals surface area contributed by atoms with E-state index in [0.29, 0.717) is 47.8 Å². The third-order valence-corrected chi connectivity index (χ3v) is 6.46. The van der Waals surface area contributed by atoms with Crippen molar-refractivity contribution in [3.63, 3.8) is 0 Å². The monoisotopic (exact) mass is 485 g/mol. The average molecular weight is 486 g/mol. The molecule has 1 aromatic rings. The molecule has 0 saturated carbocycles. The third kappa shape index (κ3) is 4.94. The van der Waals surface area contributed by atoms with Crippen LogP contribution >= 0.6 is 11.6 Å². The van der Waals surface area contributed by atoms with E-state index in [9.17, 15) is 19.2 Å². The van der Waals surface area contributed by atoms with Crippen LogP contribution in [-0.2, 0) is 14.4 Å². The average Bonchev–Trinajstić information content (AvgIpc) is 3.36. The van der Waals surface area contributed by atoms with Gasteiger partial charge in [0, 0.05) is 37.6 Å². The Kier molecular flexibility index (Phi) is 7.21. The fourth-order valence-electron chi connectivity index (χ4n) is 4.60. The van der Waals surface area contributed by atoms with Crippen LogP contribution in [0.3, 0.4) is 0 Å². The van der Waals surface area contributed by atoms with Crippen LogP contribution in [0.15, 0.2) is 48.2 Å². The van der Waals surface area contributed by atoms with Gasteiger partial charge in [-0.25, -0.2) is 4.79 Å². The Morgan fingerprint density at radius 1 is 1.26 bits per heavy atom. The van der Waals surface area contributed by atoms with E-state index in [1.165, 1.54) is 9.80 Å². The lowest BCUT2D eigenvalue weighted by Gasteiger charge is -2.33. The Morgan fingerprint density at radius 2 is 2.09 bits per heavy atom. The van der Waals surface area contributed by atoms with Gasteiger partial charge >= 0.3 is 6.03 Å². The van der Waals surface area contributed by atoms with Crippen molar-refractivity contribution < 1.29 is 19.2 Å². The molecule has 3 aliphatic rings. The number of hydrogen-bond acceptors (Lipinski definition) is 4. The molecule has 0 bridgehead atoms. The topological polar surface area (TPSA) is 102 Å². The van der Waals surface area contributed by atoms with Crippen molar-refractivity contribution in [2.45, 2.75) is 25.3 Å². The number of urea groups is 1. The van der Waals surface area contributed by atoms with Gasteiger partial charge in [0.2, 0.25) is 11.8 Å². The summed E-state index contributed by atoms with van der Waals surface area (Å²) in [6, 6.07) is 6.02. The molecule has 1 atom stereocenters. The normalized spacial score (nSPS) is 20.1. The van der Waals surface area contributed by atoms with Crippen molar-refractivity contribution in [3.05, 3.63) is 58.8 Å². The van der Waals surface area contributed by atoms with Crippen LogP contribution < -0.4 is 10.6 Å². The second-order valence-electron chi connectivity index (χ2n) is 8.55. The minimum absolute atomic E-state index is 0.118. The molecule has 9 nitrogen and oxygen atoms in total. The summed E-state index contributed by atoms with van der Waals surface area (Å²) in [6.45, 7) is 5.80. The molecule has 2 N–H and O–H groups in total. The number of halogens is 1. The van der Waals surface area contributed by atoms with Crippen molar-refractivity contribution >= 4 is 35.4 Å². The first-order chi connectivity index (χ1) is 16.4. The second-order valence-corrected chi connectivity index (χ2v) is 8.98. The van der Waals surface area contributed by atoms with Gasteiger partial charge in [-0.05, 0) is 30.5 Å². The SMILES string of the molecule is C=CCN1C(=O)NC(c2cccc(Cl)c2)C2=C1CN(CC(=O)NCCCN1CCCC1=O)C2=O. The fourth-order valence-corrected chi connectivity index (χ4v) is 4.80. The summed E-state index contributed by atoms with van der Waals surface area (Å²) in [5, 5.41) is 6.21. The molecule has 0 aromatic heterocycles. The van der Waals surface area contributed by atoms with Crippen LogP contribution in [0.25, 0.3) is 0 Å². The van der Waals surface area contributed by atoms with Gasteiger partial charge in [0.05, 0.1) is 23.9 Å². The molecule has 0 radical (unpaired) electrons. The summed E-state index contributed by atoms with van der Waals surface area (Å²) >= 11 is 6.14. The van der Waals surface area contributed by atoms with Crippen LogP contribution in [0, 0.1) is 0 Å². The first kappa shape index (κ1) is 23.8. The van der Waals surface area contributed by atoms with Gasteiger partial charge < -0.3 is 20.4 Å². The molecule has 34 heavy (non-hydrogen) atoms. The largest absolute Gasteiger partial charge is 0.354 e. The predicted octanol–water partition coefficient (Wildman–Crippen LogP) is 1.82. The lowest BCUT2D eigenvalue weighted by atomic mass is 9.95. The molecule has 4 rings (SSSR count). The molecule has 1 fully saturated rings. The zero-order valence-corrected chi connectivity index (χ0v) is 19.6. The van der Waals surface area contributed by atoms with Crippen LogP contribution in [-0.4, -0.2) is 77.7 Å². The maximum absolute atomic E-state index is 13.3. The van der Waals surface area contributed by atoms with Gasteiger partial charge in [0.15, 0.2) is 0 Å². The molecule has 1 unspecified atom stereocenters. The molecule has 1 saturated heterocycles. The molecule has 0 aliphatic carbocycles. The number of carbonyl (C=O) groups excluding carboxylic acids is 4. The maximum Gasteiger partial charge on any atom is 0.322 e. The first-order valence-electron chi connectivity index (χ1n) is 11.4. The van der Waals surface area contributed by atoms with E-state index >= 15 is 0 Å². The molecule has 3 aliphatic heterocycles. The number of rotatable bonds is 9. The summed E-state index contributed by atoms with van der Waals surface area (Å²) < 4.78 is 0. The Hall–Kier alpha value is -3.33. The standard InChI is InChI=1S/C24H28ClN5O4/c1-2-10-30-18-14-29(15-19(31)26-9-5-12-28-11-4-8-20(28)32)23(33)21(18)22(27-24(30)34)16-6-3-7-17(25)13-16/h2-3,6-7,13,22H,1,4-5,8-12,14-15H2,(H,26,31)(H,27,34). The van der Waals surface area contributed by atoms with Crippen LogP contribution in [0.4, 0.5) is 4.79 Å². The Labute approximate surface area is 203 Å². The lowest BCUT2D eigenvalue weighted by Crippen LogP contribution is -2.47. The summed E-state index contributed by atoms with van der Waals surface area (Å²) in [5.74, 6) is -0.422. The minimum Gasteiger partial charge on any atom is -0.354 e. The molecular formula is C24H28ClN5O4. The fraction of sp³-hybridized carbons (Fsp3) is 0.417. The number of likely N-dealkylation sites (tertiary alicyclic amines) is 1. The summed E-state index contributed by atoms with van der Waals surface area (Å²) in [7, 11) is 0. The highest BCUT2D eigenvalue weighted by Crippen LogP contribution is 2.36. The van der Waals surface area contributed by atoms with Gasteiger partial charge in [-0.3, -0.25) is 19.3 Å². The minimum atomic E-state index is -0.652. The zero-order chi connectivity index (χ0) is 24.2. The van der Waals surface area contributed by atoms with Gasteiger partial charge in [-0.15, -0.1) is 6.58 Å². The first-order valence-corrected chi connectivity index (χ1v) is 11.8. The van der Waals surface area contributed by atoms with E-state index < -0.39 is 6.04 Å². The van der Waals surface area contributed by atoms with E-state index in [2.05, 4.69) is 17.2 Å². The van der Waals surface area contributed by atoms with E-state index in [1.54, 1.807) is 30.3 Å². The molecule has 5 amide bonds. The molecule has 10 heteroatoms. The second kappa shape index (κ2) is 10.3. The number of benzene rings is 1. The van der Waals surface area contributed by atoms with Crippen molar-refractivity contribution in [3.8, 4) is 0 Å². The molecular weight excluding hydrogens is 458 g/mol. The molecule has 180 valence electrons. The van der Waals surface area contributed by atoms with Crippen molar-refractivity contribution in [1.82, 2.24) is 25.3 Å². The molecule has 1 aromatic carbocycles. The molecule has 0 spiro atoms. The van der Waals surface area contributed by atoms with Gasteiger partial charge in [-0.2, -0.15) is 0 Å². The van der Waals surface area contributed by atoms with E-state index in [-0.39, 0.29) is 43.4 Å². The highest BCUT2D eigenvalue weighted by molar-refractivity contribution is 6.30. The van der Waals surface area contributed by atoms with Gasteiger partial charge in [0.1, 0.15) is 6.54 Å². The number of carbonyl (C=O) groups is 4. The summed E-state index contributed by atoms with van der Waals surface area (Å²) in [5.41, 5.74) is 1.70. The van der Waals surface area contributed by atoms with Crippen molar-refractivity contribution in [2.75, 3.05) is 39.3 Å².